The van der Waals surface area contributed by atoms with E-state index in [9.17, 15) is 0 Å². The van der Waals surface area contributed by atoms with Crippen molar-refractivity contribution in [3.05, 3.63) is 270 Å². The van der Waals surface area contributed by atoms with Gasteiger partial charge in [-0.05, 0) is 132 Å². The Bertz CT molecular complexity index is 3600. The van der Waals surface area contributed by atoms with E-state index in [0.717, 1.165) is 66.7 Å². The zero-order valence-electron chi connectivity index (χ0n) is 42.1. The zero-order chi connectivity index (χ0) is 50.7. The van der Waals surface area contributed by atoms with Gasteiger partial charge in [0.15, 0.2) is 10.9 Å². The number of pyridine rings is 2. The minimum Gasteiger partial charge on any atom is -0.489 e. The third kappa shape index (κ3) is 10.1. The molecule has 11 aromatic rings. The van der Waals surface area contributed by atoms with Crippen LogP contribution in [0.2, 0.25) is 0 Å². The SMILES string of the molecule is Cc1cc(C)c2c(=O)c3cc4c(cc3n(Cc3cc(OCc5ccccc5)cc(OCc5ccccc5)c3)c2c1)c(=O)c1c(C)cc(C)cc1n4Cc1cc(OCc2ccccc2)cc(OCc2ccccc2)c1. The van der Waals surface area contributed by atoms with Crippen molar-refractivity contribution in [2.75, 3.05) is 0 Å². The Balaban J connectivity index is 1.08. The molecule has 74 heavy (non-hydrogen) atoms. The molecule has 0 fully saturated rings. The van der Waals surface area contributed by atoms with Gasteiger partial charge in [-0.2, -0.15) is 0 Å². The molecule has 0 aliphatic carbocycles. The minimum absolute atomic E-state index is 0.0927. The number of hydrogen-bond acceptors (Lipinski definition) is 6. The Hall–Kier alpha value is -8.88. The first-order chi connectivity index (χ1) is 36.1. The largest absolute Gasteiger partial charge is 0.489 e. The second kappa shape index (κ2) is 20.7. The summed E-state index contributed by atoms with van der Waals surface area (Å²) < 4.78 is 30.3. The normalized spacial score (nSPS) is 11.4. The molecule has 0 aliphatic heterocycles. The molecule has 0 aliphatic rings. The fourth-order valence-corrected chi connectivity index (χ4v) is 10.3. The first-order valence-corrected chi connectivity index (χ1v) is 25.1. The van der Waals surface area contributed by atoms with Crippen LogP contribution >= 0.6 is 0 Å². The van der Waals surface area contributed by atoms with Crippen LogP contribution in [0.15, 0.2) is 204 Å². The lowest BCUT2D eigenvalue weighted by Crippen LogP contribution is -2.17. The molecular formula is C66H56N2O6. The van der Waals surface area contributed by atoms with E-state index >= 15 is 9.59 Å². The lowest BCUT2D eigenvalue weighted by Gasteiger charge is -2.21. The fraction of sp³-hybridized carbons (Fsp3) is 0.152. The number of hydrogen-bond donors (Lipinski definition) is 0. The summed E-state index contributed by atoms with van der Waals surface area (Å²) in [5.41, 5.74) is 12.5. The molecule has 366 valence electrons. The van der Waals surface area contributed by atoms with Crippen LogP contribution in [0.5, 0.6) is 23.0 Å². The molecule has 0 radical (unpaired) electrons. The maximum Gasteiger partial charge on any atom is 0.197 e. The van der Waals surface area contributed by atoms with Crippen LogP contribution in [-0.4, -0.2) is 9.13 Å². The highest BCUT2D eigenvalue weighted by molar-refractivity contribution is 6.05. The number of aromatic nitrogens is 2. The molecule has 0 saturated heterocycles. The van der Waals surface area contributed by atoms with Crippen molar-refractivity contribution in [3.63, 3.8) is 0 Å². The summed E-state index contributed by atoms with van der Waals surface area (Å²) in [7, 11) is 0. The lowest BCUT2D eigenvalue weighted by molar-refractivity contribution is 0.289. The predicted octanol–water partition coefficient (Wildman–Crippen LogP) is 14.3. The van der Waals surface area contributed by atoms with Crippen LogP contribution < -0.4 is 29.8 Å². The van der Waals surface area contributed by atoms with Crippen molar-refractivity contribution in [2.24, 2.45) is 0 Å². The van der Waals surface area contributed by atoms with E-state index in [4.69, 9.17) is 18.9 Å². The molecule has 9 aromatic carbocycles. The first-order valence-electron chi connectivity index (χ1n) is 25.1. The van der Waals surface area contributed by atoms with Gasteiger partial charge in [0.05, 0.1) is 22.1 Å². The maximum absolute atomic E-state index is 15.2. The predicted molar refractivity (Wildman–Crippen MR) is 298 cm³/mol. The molecule has 0 unspecified atom stereocenters. The third-order valence-corrected chi connectivity index (χ3v) is 13.7. The molecule has 2 aromatic heterocycles. The summed E-state index contributed by atoms with van der Waals surface area (Å²) >= 11 is 0. The minimum atomic E-state index is -0.0927. The Morgan fingerprint density at radius 1 is 0.324 bits per heavy atom. The Morgan fingerprint density at radius 3 is 0.919 bits per heavy atom. The van der Waals surface area contributed by atoms with Crippen LogP contribution in [0.1, 0.15) is 55.6 Å². The van der Waals surface area contributed by atoms with Gasteiger partial charge in [0.25, 0.3) is 0 Å². The molecule has 0 spiro atoms. The molecule has 8 nitrogen and oxygen atoms in total. The van der Waals surface area contributed by atoms with Crippen LogP contribution in [0.25, 0.3) is 43.6 Å². The van der Waals surface area contributed by atoms with Gasteiger partial charge in [-0.25, -0.2) is 0 Å². The van der Waals surface area contributed by atoms with Crippen molar-refractivity contribution in [3.8, 4) is 23.0 Å². The van der Waals surface area contributed by atoms with Gasteiger partial charge < -0.3 is 28.1 Å². The fourth-order valence-electron chi connectivity index (χ4n) is 10.3. The number of fused-ring (bicyclic) bond motifs is 4. The number of benzene rings is 9. The van der Waals surface area contributed by atoms with Crippen LogP contribution in [0.4, 0.5) is 0 Å². The summed E-state index contributed by atoms with van der Waals surface area (Å²) in [5.74, 6) is 2.63. The molecule has 0 atom stereocenters. The summed E-state index contributed by atoms with van der Waals surface area (Å²) in [6.07, 6.45) is 0. The first kappa shape index (κ1) is 47.4. The van der Waals surface area contributed by atoms with E-state index in [-0.39, 0.29) is 10.9 Å². The van der Waals surface area contributed by atoms with E-state index < -0.39 is 0 Å². The Morgan fingerprint density at radius 2 is 0.622 bits per heavy atom. The molecule has 2 heterocycles. The molecule has 11 rings (SSSR count). The van der Waals surface area contributed by atoms with Crippen LogP contribution in [-0.2, 0) is 39.5 Å². The van der Waals surface area contributed by atoms with Gasteiger partial charge in [-0.15, -0.1) is 0 Å². The number of nitrogens with zero attached hydrogens (tertiary/aromatic N) is 2. The number of aryl methyl sites for hydroxylation is 4. The Labute approximate surface area is 430 Å². The summed E-state index contributed by atoms with van der Waals surface area (Å²) in [5, 5.41) is 2.28. The van der Waals surface area contributed by atoms with E-state index in [1.165, 1.54) is 0 Å². The van der Waals surface area contributed by atoms with Crippen molar-refractivity contribution < 1.29 is 18.9 Å². The highest BCUT2D eigenvalue weighted by Gasteiger charge is 2.21. The van der Waals surface area contributed by atoms with E-state index in [0.29, 0.717) is 95.1 Å². The van der Waals surface area contributed by atoms with Gasteiger partial charge in [0.2, 0.25) is 0 Å². The second-order valence-electron chi connectivity index (χ2n) is 19.4. The number of ether oxygens (including phenoxy) is 4. The maximum atomic E-state index is 15.2. The monoisotopic (exact) mass is 972 g/mol. The van der Waals surface area contributed by atoms with Gasteiger partial charge in [-0.1, -0.05) is 133 Å². The molecule has 0 N–H and O–H groups in total. The smallest absolute Gasteiger partial charge is 0.197 e. The summed E-state index contributed by atoms with van der Waals surface area (Å²) in [4.78, 5) is 30.5. The molecule has 8 heteroatoms. The average molecular weight is 973 g/mol. The van der Waals surface area contributed by atoms with Crippen LogP contribution in [0, 0.1) is 27.7 Å². The summed E-state index contributed by atoms with van der Waals surface area (Å²) in [6.45, 7) is 10.3. The highest BCUT2D eigenvalue weighted by Crippen LogP contribution is 2.34. The number of rotatable bonds is 16. The van der Waals surface area contributed by atoms with E-state index in [1.807, 2.05) is 184 Å². The van der Waals surface area contributed by atoms with Crippen molar-refractivity contribution in [1.29, 1.82) is 0 Å². The van der Waals surface area contributed by atoms with Crippen LogP contribution in [0.3, 0.4) is 0 Å². The van der Waals surface area contributed by atoms with E-state index in [2.05, 4.69) is 47.2 Å². The zero-order valence-corrected chi connectivity index (χ0v) is 42.1. The standard InChI is InChI=1S/C66H56N2O6/c1-43-25-45(3)63-61(27-43)67(37-51-29-53(71-39-47-17-9-5-10-18-47)33-54(30-51)72-40-48-19-11-6-12-20-48)59-35-58-60(36-57(59)65(63)69)68(62-28-44(2)26-46(4)64(62)66(58)70)38-52-31-55(73-41-49-21-13-7-14-22-49)34-56(32-52)74-42-50-23-15-8-16-24-50/h5-36H,37-42H2,1-4H3. The van der Waals surface area contributed by atoms with Crippen molar-refractivity contribution in [1.82, 2.24) is 9.13 Å². The quantitative estimate of drug-likeness (QED) is 0.0898. The molecular weight excluding hydrogens is 917 g/mol. The molecule has 0 saturated carbocycles. The van der Waals surface area contributed by atoms with Gasteiger partial charge in [0, 0.05) is 46.8 Å². The molecule has 0 bridgehead atoms. The molecule has 0 amide bonds. The average Bonchev–Trinajstić information content (AvgIpc) is 3.41. The topological polar surface area (TPSA) is 80.9 Å². The Kier molecular flexibility index (Phi) is 13.3. The van der Waals surface area contributed by atoms with Gasteiger partial charge in [0.1, 0.15) is 49.4 Å². The highest BCUT2D eigenvalue weighted by atomic mass is 16.5. The van der Waals surface area contributed by atoms with Gasteiger partial charge in [-0.3, -0.25) is 9.59 Å². The third-order valence-electron chi connectivity index (χ3n) is 13.7. The van der Waals surface area contributed by atoms with Crippen molar-refractivity contribution in [2.45, 2.75) is 67.2 Å². The van der Waals surface area contributed by atoms with E-state index in [1.54, 1.807) is 0 Å². The summed E-state index contributed by atoms with van der Waals surface area (Å²) in [6, 6.07) is 64.5. The van der Waals surface area contributed by atoms with Gasteiger partial charge >= 0.3 is 0 Å². The lowest BCUT2D eigenvalue weighted by atomic mass is 9.98. The second-order valence-corrected chi connectivity index (χ2v) is 19.4. The van der Waals surface area contributed by atoms with Crippen molar-refractivity contribution >= 4 is 43.6 Å².